The second-order valence-electron chi connectivity index (χ2n) is 3.31. The first-order valence-corrected chi connectivity index (χ1v) is 5.47. The molecule has 0 aliphatic heterocycles. The molecule has 0 heterocycles. The van der Waals surface area contributed by atoms with Gasteiger partial charge in [0.25, 0.3) is 0 Å². The maximum absolute atomic E-state index is 12.7. The van der Waals surface area contributed by atoms with E-state index in [1.54, 1.807) is 12.1 Å². The molecule has 0 bridgehead atoms. The van der Waals surface area contributed by atoms with Gasteiger partial charge in [0.1, 0.15) is 5.82 Å². The Hall–Kier alpha value is -0.860. The average Bonchev–Trinajstić information content (AvgIpc) is 2.25. The molecule has 82 valence electrons. The summed E-state index contributed by atoms with van der Waals surface area (Å²) in [6.45, 7) is 2.81. The predicted molar refractivity (Wildman–Crippen MR) is 62.7 cm³/mol. The molecule has 1 aromatic carbocycles. The zero-order valence-corrected chi connectivity index (χ0v) is 9.47. The fourth-order valence-electron chi connectivity index (χ4n) is 1.26. The van der Waals surface area contributed by atoms with Crippen LogP contribution in [0.15, 0.2) is 36.4 Å². The molecule has 1 atom stereocenters. The van der Waals surface area contributed by atoms with Gasteiger partial charge >= 0.3 is 0 Å². The zero-order chi connectivity index (χ0) is 11.1. The zero-order valence-electron chi connectivity index (χ0n) is 8.71. The normalized spacial score (nSPS) is 13.3. The van der Waals surface area contributed by atoms with Crippen LogP contribution in [-0.2, 0) is 0 Å². The standard InChI is InChI=1S/C12H15ClFN/c1-10(15-9-3-2-8-13)11-4-6-12(14)7-5-11/h2-7,10,15H,8-9H2,1H3/b3-2+/t10-/m0/s1. The Labute approximate surface area is 95.0 Å². The van der Waals surface area contributed by atoms with Crippen LogP contribution in [0.1, 0.15) is 18.5 Å². The first-order chi connectivity index (χ1) is 7.24. The van der Waals surface area contributed by atoms with Crippen LogP contribution in [0, 0.1) is 5.82 Å². The highest BCUT2D eigenvalue weighted by atomic mass is 35.5. The van der Waals surface area contributed by atoms with Crippen molar-refractivity contribution < 1.29 is 4.39 Å². The third-order valence-electron chi connectivity index (χ3n) is 2.17. The van der Waals surface area contributed by atoms with Gasteiger partial charge in [0, 0.05) is 18.5 Å². The molecule has 0 saturated heterocycles. The average molecular weight is 228 g/mol. The van der Waals surface area contributed by atoms with Gasteiger partial charge in [0.15, 0.2) is 0 Å². The summed E-state index contributed by atoms with van der Waals surface area (Å²) < 4.78 is 12.7. The van der Waals surface area contributed by atoms with E-state index in [9.17, 15) is 4.39 Å². The summed E-state index contributed by atoms with van der Waals surface area (Å²) in [6, 6.07) is 6.74. The van der Waals surface area contributed by atoms with Crippen molar-refractivity contribution in [3.05, 3.63) is 47.8 Å². The number of hydrogen-bond acceptors (Lipinski definition) is 1. The van der Waals surface area contributed by atoms with Crippen LogP contribution < -0.4 is 5.32 Å². The Morgan fingerprint density at radius 1 is 1.33 bits per heavy atom. The summed E-state index contributed by atoms with van der Waals surface area (Å²) in [5.41, 5.74) is 1.08. The van der Waals surface area contributed by atoms with Crippen molar-refractivity contribution in [3.8, 4) is 0 Å². The summed E-state index contributed by atoms with van der Waals surface area (Å²) in [5.74, 6) is 0.333. The molecule has 3 heteroatoms. The molecular weight excluding hydrogens is 213 g/mol. The topological polar surface area (TPSA) is 12.0 Å². The Morgan fingerprint density at radius 3 is 2.60 bits per heavy atom. The van der Waals surface area contributed by atoms with Crippen molar-refractivity contribution in [3.63, 3.8) is 0 Å². The monoisotopic (exact) mass is 227 g/mol. The summed E-state index contributed by atoms with van der Waals surface area (Å²) in [5, 5.41) is 3.29. The molecule has 0 aromatic heterocycles. The highest BCUT2D eigenvalue weighted by Crippen LogP contribution is 2.12. The highest BCUT2D eigenvalue weighted by molar-refractivity contribution is 6.18. The lowest BCUT2D eigenvalue weighted by Gasteiger charge is -2.12. The first-order valence-electron chi connectivity index (χ1n) is 4.94. The van der Waals surface area contributed by atoms with Gasteiger partial charge in [-0.3, -0.25) is 0 Å². The van der Waals surface area contributed by atoms with E-state index in [4.69, 9.17) is 11.6 Å². The molecule has 0 aliphatic rings. The molecule has 0 fully saturated rings. The lowest BCUT2D eigenvalue weighted by molar-refractivity contribution is 0.605. The molecule has 1 N–H and O–H groups in total. The molecule has 1 aromatic rings. The molecule has 0 saturated carbocycles. The molecule has 0 amide bonds. The lowest BCUT2D eigenvalue weighted by atomic mass is 10.1. The molecule has 0 spiro atoms. The van der Waals surface area contributed by atoms with Crippen molar-refractivity contribution in [2.75, 3.05) is 12.4 Å². The number of benzene rings is 1. The number of alkyl halides is 1. The van der Waals surface area contributed by atoms with Crippen LogP contribution in [0.5, 0.6) is 0 Å². The minimum atomic E-state index is -0.201. The summed E-state index contributed by atoms with van der Waals surface area (Å²) in [6.07, 6.45) is 3.87. The van der Waals surface area contributed by atoms with Gasteiger partial charge in [0.05, 0.1) is 0 Å². The molecule has 0 radical (unpaired) electrons. The quantitative estimate of drug-likeness (QED) is 0.602. The summed E-state index contributed by atoms with van der Waals surface area (Å²) in [7, 11) is 0. The Morgan fingerprint density at radius 2 is 2.00 bits per heavy atom. The van der Waals surface area contributed by atoms with E-state index in [1.807, 2.05) is 19.1 Å². The SMILES string of the molecule is C[C@H](NC/C=C/CCl)c1ccc(F)cc1. The van der Waals surface area contributed by atoms with Crippen molar-refractivity contribution >= 4 is 11.6 Å². The first kappa shape index (κ1) is 12.2. The summed E-state index contributed by atoms with van der Waals surface area (Å²) in [4.78, 5) is 0. The maximum atomic E-state index is 12.7. The number of nitrogens with one attached hydrogen (secondary N) is 1. The number of rotatable bonds is 5. The van der Waals surface area contributed by atoms with Gasteiger partial charge < -0.3 is 5.32 Å². The van der Waals surface area contributed by atoms with Gasteiger partial charge in [-0.1, -0.05) is 24.3 Å². The van der Waals surface area contributed by atoms with Crippen LogP contribution >= 0.6 is 11.6 Å². The van der Waals surface area contributed by atoms with Crippen molar-refractivity contribution in [2.24, 2.45) is 0 Å². The van der Waals surface area contributed by atoms with E-state index in [-0.39, 0.29) is 11.9 Å². The molecular formula is C12H15ClFN. The fourth-order valence-corrected chi connectivity index (χ4v) is 1.39. The molecule has 15 heavy (non-hydrogen) atoms. The summed E-state index contributed by atoms with van der Waals surface area (Å²) >= 11 is 5.50. The van der Waals surface area contributed by atoms with Crippen LogP contribution in [0.4, 0.5) is 4.39 Å². The largest absolute Gasteiger partial charge is 0.307 e. The second kappa shape index (κ2) is 6.59. The van der Waals surface area contributed by atoms with E-state index in [2.05, 4.69) is 5.32 Å². The van der Waals surface area contributed by atoms with E-state index in [1.165, 1.54) is 12.1 Å². The number of allylic oxidation sites excluding steroid dienone is 1. The number of hydrogen-bond donors (Lipinski definition) is 1. The maximum Gasteiger partial charge on any atom is 0.123 e. The predicted octanol–water partition coefficient (Wildman–Crippen LogP) is 3.27. The van der Waals surface area contributed by atoms with Gasteiger partial charge in [-0.2, -0.15) is 0 Å². The number of halogens is 2. The molecule has 0 unspecified atom stereocenters. The Kier molecular flexibility index (Phi) is 5.37. The van der Waals surface area contributed by atoms with Crippen molar-refractivity contribution in [2.45, 2.75) is 13.0 Å². The fraction of sp³-hybridized carbons (Fsp3) is 0.333. The Balaban J connectivity index is 2.43. The van der Waals surface area contributed by atoms with Crippen LogP contribution in [0.25, 0.3) is 0 Å². The van der Waals surface area contributed by atoms with Crippen LogP contribution in [0.2, 0.25) is 0 Å². The highest BCUT2D eigenvalue weighted by Gasteiger charge is 2.02. The third-order valence-corrected chi connectivity index (χ3v) is 2.35. The van der Waals surface area contributed by atoms with Crippen LogP contribution in [-0.4, -0.2) is 12.4 Å². The third kappa shape index (κ3) is 4.45. The van der Waals surface area contributed by atoms with Gasteiger partial charge in [0.2, 0.25) is 0 Å². The lowest BCUT2D eigenvalue weighted by Crippen LogP contribution is -2.18. The molecule has 1 rings (SSSR count). The minimum Gasteiger partial charge on any atom is -0.307 e. The van der Waals surface area contributed by atoms with E-state index in [0.717, 1.165) is 12.1 Å². The van der Waals surface area contributed by atoms with Gasteiger partial charge in [-0.05, 0) is 24.6 Å². The van der Waals surface area contributed by atoms with Gasteiger partial charge in [-0.25, -0.2) is 4.39 Å². The Bertz CT molecular complexity index is 308. The van der Waals surface area contributed by atoms with E-state index in [0.29, 0.717) is 5.88 Å². The van der Waals surface area contributed by atoms with Gasteiger partial charge in [-0.15, -0.1) is 11.6 Å². The smallest absolute Gasteiger partial charge is 0.123 e. The van der Waals surface area contributed by atoms with Crippen molar-refractivity contribution in [1.29, 1.82) is 0 Å². The second-order valence-corrected chi connectivity index (χ2v) is 3.62. The van der Waals surface area contributed by atoms with Crippen LogP contribution in [0.3, 0.4) is 0 Å². The minimum absolute atomic E-state index is 0.201. The van der Waals surface area contributed by atoms with Crippen molar-refractivity contribution in [1.82, 2.24) is 5.32 Å². The van der Waals surface area contributed by atoms with E-state index >= 15 is 0 Å². The molecule has 1 nitrogen and oxygen atoms in total. The molecule has 0 aliphatic carbocycles. The van der Waals surface area contributed by atoms with E-state index < -0.39 is 0 Å².